The Kier molecular flexibility index (Phi) is 11.2. The zero-order valence-electron chi connectivity index (χ0n) is 30.8. The number of aliphatic hydroxyl groups is 1. The summed E-state index contributed by atoms with van der Waals surface area (Å²) in [6.45, 7) is 1.79. The number of para-hydroxylation sites is 1. The normalized spacial score (nSPS) is 16.9. The SMILES string of the molecule is CCCc1ccccc1OCC(=O)Nc1nc2c(ncn2[C@H]2C[C@H](O)[C@@H](COC(c3ccccc3)(c3ccc(OC)cc3)c3ccc(OC)cc3)O2)c(=O)[nH]1. The highest BCUT2D eigenvalue weighted by Crippen LogP contribution is 2.43. The average molecular weight is 746 g/mol. The maximum absolute atomic E-state index is 13.1. The average Bonchev–Trinajstić information content (AvgIpc) is 3.82. The molecule has 2 aromatic heterocycles. The number of aryl methyl sites for hydroxylation is 1. The van der Waals surface area contributed by atoms with Gasteiger partial charge in [-0.25, -0.2) is 4.98 Å². The third-order valence-corrected chi connectivity index (χ3v) is 9.69. The second-order valence-corrected chi connectivity index (χ2v) is 13.2. The van der Waals surface area contributed by atoms with Crippen LogP contribution in [0, 0.1) is 0 Å². The fourth-order valence-electron chi connectivity index (χ4n) is 6.95. The molecule has 3 heterocycles. The van der Waals surface area contributed by atoms with Gasteiger partial charge in [-0.3, -0.25) is 24.5 Å². The highest BCUT2D eigenvalue weighted by Gasteiger charge is 2.42. The van der Waals surface area contributed by atoms with Crippen LogP contribution in [-0.2, 0) is 26.3 Å². The Balaban J connectivity index is 1.13. The molecule has 0 radical (unpaired) electrons. The minimum absolute atomic E-state index is 0.00600. The van der Waals surface area contributed by atoms with Gasteiger partial charge in [0.1, 0.15) is 35.2 Å². The number of benzene rings is 4. The van der Waals surface area contributed by atoms with Crippen LogP contribution in [0.4, 0.5) is 5.95 Å². The number of aliphatic hydroxyl groups excluding tert-OH is 1. The Labute approximate surface area is 317 Å². The number of H-pyrrole nitrogens is 1. The lowest BCUT2D eigenvalue weighted by Crippen LogP contribution is -2.38. The van der Waals surface area contributed by atoms with Crippen LogP contribution in [-0.4, -0.2) is 70.2 Å². The Bertz CT molecular complexity index is 2230. The van der Waals surface area contributed by atoms with Crippen LogP contribution in [0.5, 0.6) is 17.2 Å². The molecule has 1 amide bonds. The van der Waals surface area contributed by atoms with Crippen LogP contribution < -0.4 is 25.1 Å². The van der Waals surface area contributed by atoms with E-state index >= 15 is 0 Å². The molecule has 1 saturated heterocycles. The van der Waals surface area contributed by atoms with Gasteiger partial charge in [-0.2, -0.15) is 4.98 Å². The number of carbonyl (C=O) groups excluding carboxylic acids is 1. The molecule has 0 spiro atoms. The molecule has 3 atom stereocenters. The van der Waals surface area contributed by atoms with E-state index in [4.69, 9.17) is 23.7 Å². The summed E-state index contributed by atoms with van der Waals surface area (Å²) in [5, 5.41) is 14.0. The number of hydrogen-bond acceptors (Lipinski definition) is 10. The number of amides is 1. The van der Waals surface area contributed by atoms with Crippen LogP contribution in [0.3, 0.4) is 0 Å². The van der Waals surface area contributed by atoms with Gasteiger partial charge in [0.2, 0.25) is 5.95 Å². The van der Waals surface area contributed by atoms with E-state index in [-0.39, 0.29) is 36.7 Å². The number of carbonyl (C=O) groups is 1. The summed E-state index contributed by atoms with van der Waals surface area (Å²) in [4.78, 5) is 37.3. The third kappa shape index (κ3) is 7.81. The number of methoxy groups -OCH3 is 2. The molecule has 7 rings (SSSR count). The molecule has 1 fully saturated rings. The summed E-state index contributed by atoms with van der Waals surface area (Å²) >= 11 is 0. The topological polar surface area (TPSA) is 159 Å². The molecule has 0 saturated carbocycles. The zero-order valence-corrected chi connectivity index (χ0v) is 30.8. The van der Waals surface area contributed by atoms with Gasteiger partial charge in [-0.15, -0.1) is 0 Å². The predicted octanol–water partition coefficient (Wildman–Crippen LogP) is 5.76. The third-order valence-electron chi connectivity index (χ3n) is 9.69. The van der Waals surface area contributed by atoms with Crippen molar-refractivity contribution in [1.82, 2.24) is 19.5 Å². The van der Waals surface area contributed by atoms with Gasteiger partial charge in [-0.1, -0.05) is 86.1 Å². The summed E-state index contributed by atoms with van der Waals surface area (Å²) in [6.07, 6.45) is 0.922. The van der Waals surface area contributed by atoms with Gasteiger partial charge < -0.3 is 28.8 Å². The van der Waals surface area contributed by atoms with Crippen molar-refractivity contribution in [3.8, 4) is 17.2 Å². The van der Waals surface area contributed by atoms with Crippen molar-refractivity contribution in [3.05, 3.63) is 142 Å². The van der Waals surface area contributed by atoms with Crippen molar-refractivity contribution in [2.24, 2.45) is 0 Å². The van der Waals surface area contributed by atoms with E-state index < -0.39 is 35.5 Å². The summed E-state index contributed by atoms with van der Waals surface area (Å²) in [5.41, 5.74) is 2.12. The van der Waals surface area contributed by atoms with E-state index in [1.54, 1.807) is 18.8 Å². The first-order valence-corrected chi connectivity index (χ1v) is 18.1. The Morgan fingerprint density at radius 3 is 2.22 bits per heavy atom. The summed E-state index contributed by atoms with van der Waals surface area (Å²) in [7, 11) is 3.23. The molecule has 284 valence electrons. The molecular weight excluding hydrogens is 702 g/mol. The van der Waals surface area contributed by atoms with Crippen LogP contribution in [0.1, 0.15) is 48.2 Å². The predicted molar refractivity (Wildman–Crippen MR) is 206 cm³/mol. The lowest BCUT2D eigenvalue weighted by Gasteiger charge is -2.37. The van der Waals surface area contributed by atoms with Crippen LogP contribution in [0.25, 0.3) is 11.2 Å². The fourth-order valence-corrected chi connectivity index (χ4v) is 6.95. The van der Waals surface area contributed by atoms with Crippen LogP contribution in [0.15, 0.2) is 114 Å². The second-order valence-electron chi connectivity index (χ2n) is 13.2. The number of fused-ring (bicyclic) bond motifs is 1. The molecule has 4 aromatic carbocycles. The number of imidazole rings is 1. The molecule has 0 unspecified atom stereocenters. The van der Waals surface area contributed by atoms with Crippen LogP contribution >= 0.6 is 0 Å². The fraction of sp³-hybridized carbons (Fsp3) is 0.286. The standard InChI is InChI=1S/C42H43N5O8/c1-4-10-27-11-8-9-14-34(27)53-25-36(49)44-41-45-39-38(40(50)46-41)43-26-47(39)37-23-33(48)35(55-37)24-54-42(28-12-6-5-7-13-28,29-15-19-31(51-2)20-16-29)30-17-21-32(52-3)22-18-30/h5-9,11-22,26,33,35,37,48H,4,10,23-25H2,1-3H3,(H2,44,45,46,49,50)/t33-,35+,37+/m0/s1. The first-order valence-electron chi connectivity index (χ1n) is 18.1. The molecule has 1 aliphatic heterocycles. The molecular formula is C42H43N5O8. The number of nitrogens with one attached hydrogen (secondary N) is 2. The monoisotopic (exact) mass is 745 g/mol. The lowest BCUT2D eigenvalue weighted by molar-refractivity contribution is -0.118. The maximum Gasteiger partial charge on any atom is 0.280 e. The molecule has 0 aliphatic carbocycles. The number of hydrogen-bond donors (Lipinski definition) is 3. The van der Waals surface area contributed by atoms with E-state index in [9.17, 15) is 14.7 Å². The second kappa shape index (κ2) is 16.6. The summed E-state index contributed by atoms with van der Waals surface area (Å²) < 4.78 is 31.7. The maximum atomic E-state index is 13.1. The number of ether oxygens (including phenoxy) is 5. The Hall–Kier alpha value is -6.02. The lowest BCUT2D eigenvalue weighted by atomic mass is 9.80. The Morgan fingerprint density at radius 2 is 1.56 bits per heavy atom. The molecule has 6 aromatic rings. The quantitative estimate of drug-likeness (QED) is 0.110. The zero-order chi connectivity index (χ0) is 38.4. The van der Waals surface area contributed by atoms with Crippen molar-refractivity contribution in [3.63, 3.8) is 0 Å². The Morgan fingerprint density at radius 1 is 0.927 bits per heavy atom. The minimum atomic E-state index is -1.12. The van der Waals surface area contributed by atoms with Crippen molar-refractivity contribution in [2.75, 3.05) is 32.8 Å². The van der Waals surface area contributed by atoms with Gasteiger partial charge in [0.05, 0.1) is 33.3 Å². The molecule has 1 aliphatic rings. The van der Waals surface area contributed by atoms with Crippen LogP contribution in [0.2, 0.25) is 0 Å². The molecule has 13 heteroatoms. The van der Waals surface area contributed by atoms with Crippen molar-refractivity contribution < 1.29 is 33.6 Å². The molecule has 0 bridgehead atoms. The number of anilines is 1. The van der Waals surface area contributed by atoms with Gasteiger partial charge >= 0.3 is 0 Å². The first kappa shape index (κ1) is 37.3. The van der Waals surface area contributed by atoms with Crippen molar-refractivity contribution >= 4 is 23.0 Å². The van der Waals surface area contributed by atoms with Crippen molar-refractivity contribution in [2.45, 2.75) is 50.2 Å². The molecule has 3 N–H and O–H groups in total. The minimum Gasteiger partial charge on any atom is -0.497 e. The molecule has 13 nitrogen and oxygen atoms in total. The first-order chi connectivity index (χ1) is 26.8. The highest BCUT2D eigenvalue weighted by atomic mass is 16.6. The van der Waals surface area contributed by atoms with E-state index in [2.05, 4.69) is 27.2 Å². The number of rotatable bonds is 15. The van der Waals surface area contributed by atoms with E-state index in [0.29, 0.717) is 17.2 Å². The van der Waals surface area contributed by atoms with Gasteiger partial charge in [0, 0.05) is 6.42 Å². The number of aromatic amines is 1. The van der Waals surface area contributed by atoms with E-state index in [1.165, 1.54) is 6.33 Å². The highest BCUT2D eigenvalue weighted by molar-refractivity contribution is 5.90. The van der Waals surface area contributed by atoms with E-state index in [0.717, 1.165) is 35.1 Å². The summed E-state index contributed by atoms with van der Waals surface area (Å²) in [5.74, 6) is 1.45. The van der Waals surface area contributed by atoms with E-state index in [1.807, 2.05) is 103 Å². The van der Waals surface area contributed by atoms with Gasteiger partial charge in [0.25, 0.3) is 11.5 Å². The molecule has 55 heavy (non-hydrogen) atoms. The van der Waals surface area contributed by atoms with Crippen molar-refractivity contribution in [1.29, 1.82) is 0 Å². The number of aromatic nitrogens is 4. The van der Waals surface area contributed by atoms with Gasteiger partial charge in [0.15, 0.2) is 17.8 Å². The smallest absolute Gasteiger partial charge is 0.280 e. The number of nitrogens with zero attached hydrogens (tertiary/aromatic N) is 3. The van der Waals surface area contributed by atoms with Gasteiger partial charge in [-0.05, 0) is 59.0 Å². The summed E-state index contributed by atoms with van der Waals surface area (Å²) in [6, 6.07) is 32.8. The largest absolute Gasteiger partial charge is 0.497 e.